The maximum Gasteiger partial charge on any atom is 0.119 e. The van der Waals surface area contributed by atoms with E-state index in [0.717, 1.165) is 126 Å². The summed E-state index contributed by atoms with van der Waals surface area (Å²) < 4.78 is 17.5. The Morgan fingerprint density at radius 2 is 0.517 bits per heavy atom. The van der Waals surface area contributed by atoms with Crippen LogP contribution in [0.25, 0.3) is 36.5 Å². The van der Waals surface area contributed by atoms with Gasteiger partial charge in [0.05, 0.1) is 19.8 Å². The summed E-state index contributed by atoms with van der Waals surface area (Å²) in [6.45, 7) is 8.79. The van der Waals surface area contributed by atoms with Crippen molar-refractivity contribution in [1.29, 1.82) is 0 Å². The van der Waals surface area contributed by atoms with E-state index < -0.39 is 0 Å². The van der Waals surface area contributed by atoms with Crippen molar-refractivity contribution in [2.24, 2.45) is 0 Å². The number of ether oxygens (including phenoxy) is 3. The summed E-state index contributed by atoms with van der Waals surface area (Å²) in [4.78, 5) is 2.31. The number of unbranched alkanes of at least 4 members (excludes halogenated alkanes) is 3. The number of rotatable bonds is 21. The van der Waals surface area contributed by atoms with Crippen molar-refractivity contribution in [1.82, 2.24) is 0 Å². The fraction of sp³-hybridized carbons (Fsp3) is 0.222. The van der Waals surface area contributed by atoms with Crippen LogP contribution in [0.2, 0.25) is 0 Å². The van der Waals surface area contributed by atoms with Crippen LogP contribution >= 0.6 is 0 Å². The molecule has 0 N–H and O–H groups in total. The topological polar surface area (TPSA) is 30.9 Å². The van der Waals surface area contributed by atoms with Crippen molar-refractivity contribution in [2.45, 2.75) is 59.3 Å². The van der Waals surface area contributed by atoms with Gasteiger partial charge in [-0.25, -0.2) is 0 Å². The first kappa shape index (κ1) is 41.4. The molecule has 0 spiro atoms. The van der Waals surface area contributed by atoms with Gasteiger partial charge in [0.2, 0.25) is 0 Å². The summed E-state index contributed by atoms with van der Waals surface area (Å²) in [6, 6.07) is 51.1. The molecule has 0 atom stereocenters. The molecule has 0 fully saturated rings. The van der Waals surface area contributed by atoms with E-state index in [-0.39, 0.29) is 0 Å². The van der Waals surface area contributed by atoms with E-state index in [2.05, 4.69) is 171 Å². The van der Waals surface area contributed by atoms with E-state index >= 15 is 0 Å². The van der Waals surface area contributed by atoms with E-state index in [1.807, 2.05) is 36.4 Å². The highest BCUT2D eigenvalue weighted by Crippen LogP contribution is 2.35. The molecule has 296 valence electrons. The average Bonchev–Trinajstić information content (AvgIpc) is 3.27. The van der Waals surface area contributed by atoms with Gasteiger partial charge in [-0.2, -0.15) is 0 Å². The normalized spacial score (nSPS) is 11.4. The molecule has 0 aromatic heterocycles. The zero-order valence-corrected chi connectivity index (χ0v) is 34.4. The lowest BCUT2D eigenvalue weighted by Crippen LogP contribution is -2.09. The Hall–Kier alpha value is -6.26. The van der Waals surface area contributed by atoms with Crippen molar-refractivity contribution in [2.75, 3.05) is 24.7 Å². The molecule has 0 saturated heterocycles. The third-order valence-electron chi connectivity index (χ3n) is 9.80. The van der Waals surface area contributed by atoms with Crippen LogP contribution in [0.15, 0.2) is 146 Å². The predicted molar refractivity (Wildman–Crippen MR) is 248 cm³/mol. The van der Waals surface area contributed by atoms with E-state index in [1.165, 1.54) is 0 Å². The molecular weight excluding hydrogens is 711 g/mol. The molecule has 0 heterocycles. The van der Waals surface area contributed by atoms with Crippen LogP contribution in [0.3, 0.4) is 0 Å². The lowest BCUT2D eigenvalue weighted by Gasteiger charge is -2.26. The van der Waals surface area contributed by atoms with Gasteiger partial charge in [0.15, 0.2) is 0 Å². The summed E-state index contributed by atoms with van der Waals surface area (Å²) in [5, 5.41) is 0. The maximum absolute atomic E-state index is 5.84. The summed E-state index contributed by atoms with van der Waals surface area (Å²) in [7, 11) is 0. The van der Waals surface area contributed by atoms with Crippen LogP contribution in [0.5, 0.6) is 17.2 Å². The van der Waals surface area contributed by atoms with Gasteiger partial charge in [-0.05, 0) is 125 Å². The minimum Gasteiger partial charge on any atom is -0.494 e. The largest absolute Gasteiger partial charge is 0.494 e. The Morgan fingerprint density at radius 3 is 0.724 bits per heavy atom. The van der Waals surface area contributed by atoms with Crippen LogP contribution in [0.4, 0.5) is 17.1 Å². The van der Waals surface area contributed by atoms with Crippen LogP contribution < -0.4 is 19.1 Å². The molecule has 4 nitrogen and oxygen atoms in total. The number of anilines is 3. The molecule has 0 bridgehead atoms. The Labute approximate surface area is 346 Å². The molecule has 6 aromatic carbocycles. The minimum atomic E-state index is 0.757. The van der Waals surface area contributed by atoms with Crippen molar-refractivity contribution >= 4 is 53.5 Å². The lowest BCUT2D eigenvalue weighted by molar-refractivity contribution is 0.309. The first-order valence-electron chi connectivity index (χ1n) is 20.9. The van der Waals surface area contributed by atoms with Gasteiger partial charge in [-0.15, -0.1) is 0 Å². The molecular formula is C54H57NO3. The summed E-state index contributed by atoms with van der Waals surface area (Å²) in [6.07, 6.45) is 19.5. The molecule has 6 aromatic rings. The van der Waals surface area contributed by atoms with Crippen molar-refractivity contribution in [3.63, 3.8) is 0 Å². The maximum atomic E-state index is 5.84. The number of benzene rings is 6. The average molecular weight is 768 g/mol. The molecule has 6 rings (SSSR count). The Morgan fingerprint density at radius 1 is 0.310 bits per heavy atom. The minimum absolute atomic E-state index is 0.757. The fourth-order valence-corrected chi connectivity index (χ4v) is 6.26. The lowest BCUT2D eigenvalue weighted by atomic mass is 10.1. The highest BCUT2D eigenvalue weighted by molar-refractivity contribution is 5.80. The van der Waals surface area contributed by atoms with Gasteiger partial charge in [0, 0.05) is 17.1 Å². The molecule has 4 heteroatoms. The van der Waals surface area contributed by atoms with Crippen LogP contribution in [-0.4, -0.2) is 19.8 Å². The smallest absolute Gasteiger partial charge is 0.119 e. The molecule has 0 saturated carbocycles. The molecule has 0 aliphatic carbocycles. The highest BCUT2D eigenvalue weighted by atomic mass is 16.5. The predicted octanol–water partition coefficient (Wildman–Crippen LogP) is 15.2. The van der Waals surface area contributed by atoms with Crippen molar-refractivity contribution < 1.29 is 14.2 Å². The zero-order valence-electron chi connectivity index (χ0n) is 34.4. The highest BCUT2D eigenvalue weighted by Gasteiger charge is 2.12. The van der Waals surface area contributed by atoms with Gasteiger partial charge < -0.3 is 19.1 Å². The van der Waals surface area contributed by atoms with Crippen molar-refractivity contribution in [3.05, 3.63) is 179 Å². The van der Waals surface area contributed by atoms with Gasteiger partial charge >= 0.3 is 0 Å². The van der Waals surface area contributed by atoms with E-state index in [1.54, 1.807) is 0 Å². The Balaban J connectivity index is 1.18. The number of hydrogen-bond acceptors (Lipinski definition) is 4. The Kier molecular flexibility index (Phi) is 16.0. The standard InChI is InChI=1S/C54H57NO3/c1-4-7-40-56-52-34-22-46(23-35-52)13-10-43-16-28-49(29-17-43)55(50-30-18-44(19-31-50)11-14-47-24-36-53(37-25-47)57-41-8-5-2)51-32-20-45(21-33-51)12-15-48-26-38-54(39-27-48)58-42-9-6-3/h10-39H,4-9,40-42H2,1-3H3/b13-10+,14-11+,15-12+. The molecule has 0 unspecified atom stereocenters. The fourth-order valence-electron chi connectivity index (χ4n) is 6.26. The second-order valence-corrected chi connectivity index (χ2v) is 14.4. The first-order valence-corrected chi connectivity index (χ1v) is 20.9. The molecule has 58 heavy (non-hydrogen) atoms. The van der Waals surface area contributed by atoms with E-state index in [4.69, 9.17) is 14.2 Å². The SMILES string of the molecule is CCCCOc1ccc(/C=C/c2ccc(N(c3ccc(/C=C/c4ccc(OCCCC)cc4)cc3)c3ccc(/C=C/c4ccc(OCCCC)cc4)cc3)cc2)cc1. The van der Waals surface area contributed by atoms with Crippen LogP contribution in [0.1, 0.15) is 92.7 Å². The molecule has 0 aliphatic heterocycles. The Bertz CT molecular complexity index is 1910. The molecule has 0 radical (unpaired) electrons. The summed E-state index contributed by atoms with van der Waals surface area (Å²) >= 11 is 0. The van der Waals surface area contributed by atoms with Gasteiger partial charge in [-0.3, -0.25) is 0 Å². The third-order valence-corrected chi connectivity index (χ3v) is 9.80. The molecule has 0 aliphatic rings. The summed E-state index contributed by atoms with van der Waals surface area (Å²) in [5.41, 5.74) is 10.1. The van der Waals surface area contributed by atoms with Crippen LogP contribution in [0, 0.1) is 0 Å². The monoisotopic (exact) mass is 767 g/mol. The zero-order chi connectivity index (χ0) is 40.2. The van der Waals surface area contributed by atoms with Gasteiger partial charge in [-0.1, -0.05) is 149 Å². The second-order valence-electron chi connectivity index (χ2n) is 14.4. The third kappa shape index (κ3) is 12.9. The van der Waals surface area contributed by atoms with Crippen molar-refractivity contribution in [3.8, 4) is 17.2 Å². The van der Waals surface area contributed by atoms with Gasteiger partial charge in [0.1, 0.15) is 17.2 Å². The van der Waals surface area contributed by atoms with E-state index in [0.29, 0.717) is 0 Å². The van der Waals surface area contributed by atoms with Crippen LogP contribution in [-0.2, 0) is 0 Å². The quantitative estimate of drug-likeness (QED) is 0.0539. The molecule has 0 amide bonds. The van der Waals surface area contributed by atoms with E-state index in [9.17, 15) is 0 Å². The number of hydrogen-bond donors (Lipinski definition) is 0. The first-order chi connectivity index (χ1) is 28.6. The van der Waals surface area contributed by atoms with Gasteiger partial charge in [0.25, 0.3) is 0 Å². The summed E-state index contributed by atoms with van der Waals surface area (Å²) in [5.74, 6) is 2.75. The number of nitrogens with zero attached hydrogens (tertiary/aromatic N) is 1. The second kappa shape index (κ2) is 22.5.